The summed E-state index contributed by atoms with van der Waals surface area (Å²) in [7, 11) is -2.38. The lowest BCUT2D eigenvalue weighted by molar-refractivity contribution is 0.102. The van der Waals surface area contributed by atoms with Crippen LogP contribution in [0.3, 0.4) is 0 Å². The predicted octanol–water partition coefficient (Wildman–Crippen LogP) is 4.50. The summed E-state index contributed by atoms with van der Waals surface area (Å²) in [4.78, 5) is 17.2. The topological polar surface area (TPSA) is 88.2 Å². The minimum atomic E-state index is -3.69. The van der Waals surface area contributed by atoms with E-state index in [0.29, 0.717) is 5.13 Å². The van der Waals surface area contributed by atoms with Gasteiger partial charge in [0.05, 0.1) is 21.2 Å². The Kier molecular flexibility index (Phi) is 5.92. The van der Waals surface area contributed by atoms with Gasteiger partial charge in [-0.3, -0.25) is 10.1 Å². The Morgan fingerprint density at radius 1 is 1.10 bits per heavy atom. The van der Waals surface area contributed by atoms with Crippen molar-refractivity contribution in [3.63, 3.8) is 0 Å². The molecule has 0 atom stereocenters. The van der Waals surface area contributed by atoms with Crippen LogP contribution in [0.1, 0.15) is 34.3 Å². The highest BCUT2D eigenvalue weighted by Crippen LogP contribution is 2.30. The van der Waals surface area contributed by atoms with Crippen LogP contribution in [-0.4, -0.2) is 26.4 Å². The zero-order valence-corrected chi connectivity index (χ0v) is 18.6. The Morgan fingerprint density at radius 2 is 1.87 bits per heavy atom. The average molecular weight is 462 g/mol. The van der Waals surface area contributed by atoms with E-state index in [-0.39, 0.29) is 15.5 Å². The summed E-state index contributed by atoms with van der Waals surface area (Å²) < 4.78 is 26.2. The number of hydrogen-bond donors (Lipinski definition) is 2. The van der Waals surface area contributed by atoms with Crippen molar-refractivity contribution in [2.24, 2.45) is 0 Å². The Hall–Kier alpha value is -2.26. The fraction of sp³-hybridized carbons (Fsp3) is 0.238. The number of carbonyl (C=O) groups is 1. The first-order valence-electron chi connectivity index (χ1n) is 9.49. The number of thiazole rings is 1. The molecule has 6 nitrogen and oxygen atoms in total. The molecule has 30 heavy (non-hydrogen) atoms. The fourth-order valence-electron chi connectivity index (χ4n) is 3.48. The van der Waals surface area contributed by atoms with Crippen LogP contribution in [0.2, 0.25) is 5.02 Å². The third-order valence-corrected chi connectivity index (χ3v) is 7.63. The molecule has 0 bridgehead atoms. The monoisotopic (exact) mass is 461 g/mol. The van der Waals surface area contributed by atoms with E-state index in [9.17, 15) is 13.2 Å². The van der Waals surface area contributed by atoms with Crippen LogP contribution in [0.25, 0.3) is 11.3 Å². The summed E-state index contributed by atoms with van der Waals surface area (Å²) in [5.74, 6) is -0.514. The maximum atomic E-state index is 12.7. The molecule has 0 spiro atoms. The lowest BCUT2D eigenvalue weighted by Crippen LogP contribution is -2.20. The van der Waals surface area contributed by atoms with Gasteiger partial charge < -0.3 is 0 Å². The molecular formula is C21H20ClN3O3S2. The smallest absolute Gasteiger partial charge is 0.259 e. The summed E-state index contributed by atoms with van der Waals surface area (Å²) in [6.07, 6.45) is 4.65. The molecule has 0 unspecified atom stereocenters. The van der Waals surface area contributed by atoms with Crippen LogP contribution in [0.4, 0.5) is 5.13 Å². The van der Waals surface area contributed by atoms with Crippen LogP contribution in [-0.2, 0) is 22.9 Å². The summed E-state index contributed by atoms with van der Waals surface area (Å²) in [6, 6.07) is 10.4. The van der Waals surface area contributed by atoms with Gasteiger partial charge in [-0.2, -0.15) is 0 Å². The standard InChI is InChI=1S/C21H20ClN3O3S2/c1-23-30(27,28)16-8-9-18(22)17(11-16)20(26)25-21-24-19(12-29-21)15-7-6-13-4-2-3-5-14(13)10-15/h6-12,23H,2-5H2,1H3,(H,24,25,26). The number of rotatable bonds is 5. The molecule has 1 aliphatic carbocycles. The number of fused-ring (bicyclic) bond motifs is 1. The van der Waals surface area contributed by atoms with E-state index in [2.05, 4.69) is 33.2 Å². The number of nitrogens with zero attached hydrogens (tertiary/aromatic N) is 1. The molecule has 2 N–H and O–H groups in total. The third-order valence-electron chi connectivity index (χ3n) is 5.13. The van der Waals surface area contributed by atoms with E-state index in [0.717, 1.165) is 24.1 Å². The molecule has 1 amide bonds. The van der Waals surface area contributed by atoms with Gasteiger partial charge in [-0.1, -0.05) is 23.7 Å². The van der Waals surface area contributed by atoms with Gasteiger partial charge >= 0.3 is 0 Å². The van der Waals surface area contributed by atoms with Gasteiger partial charge in [0.15, 0.2) is 5.13 Å². The first-order valence-corrected chi connectivity index (χ1v) is 12.2. The van der Waals surface area contributed by atoms with Crippen molar-refractivity contribution in [3.8, 4) is 11.3 Å². The lowest BCUT2D eigenvalue weighted by atomic mass is 9.90. The number of amides is 1. The summed E-state index contributed by atoms with van der Waals surface area (Å²) in [5.41, 5.74) is 4.65. The molecule has 1 aliphatic rings. The molecule has 0 saturated heterocycles. The van der Waals surface area contributed by atoms with Gasteiger partial charge in [-0.25, -0.2) is 18.1 Å². The first kappa shape index (κ1) is 21.0. The van der Waals surface area contributed by atoms with Gasteiger partial charge in [0.25, 0.3) is 5.91 Å². The van der Waals surface area contributed by atoms with E-state index in [1.54, 1.807) is 0 Å². The van der Waals surface area contributed by atoms with E-state index >= 15 is 0 Å². The number of nitrogens with one attached hydrogen (secondary N) is 2. The molecule has 0 aliphatic heterocycles. The number of hydrogen-bond acceptors (Lipinski definition) is 5. The number of carbonyl (C=O) groups excluding carboxylic acids is 1. The lowest BCUT2D eigenvalue weighted by Gasteiger charge is -2.16. The number of sulfonamides is 1. The second kappa shape index (κ2) is 8.47. The van der Waals surface area contributed by atoms with Crippen molar-refractivity contribution in [3.05, 3.63) is 63.5 Å². The van der Waals surface area contributed by atoms with E-state index in [4.69, 9.17) is 11.6 Å². The number of anilines is 1. The average Bonchev–Trinajstić information content (AvgIpc) is 3.22. The molecule has 3 aromatic rings. The van der Waals surface area contributed by atoms with Gasteiger partial charge in [-0.05, 0) is 68.1 Å². The molecule has 4 rings (SSSR count). The SMILES string of the molecule is CNS(=O)(=O)c1ccc(Cl)c(C(=O)Nc2nc(-c3ccc4c(c3)CCCC4)cs2)c1. The van der Waals surface area contributed by atoms with Crippen LogP contribution in [0.15, 0.2) is 46.7 Å². The van der Waals surface area contributed by atoms with Crippen molar-refractivity contribution in [2.45, 2.75) is 30.6 Å². The molecule has 156 valence electrons. The highest BCUT2D eigenvalue weighted by molar-refractivity contribution is 7.89. The van der Waals surface area contributed by atoms with E-state index < -0.39 is 15.9 Å². The molecule has 2 aromatic carbocycles. The van der Waals surface area contributed by atoms with Crippen LogP contribution >= 0.6 is 22.9 Å². The van der Waals surface area contributed by atoms with Gasteiger partial charge in [0.2, 0.25) is 10.0 Å². The van der Waals surface area contributed by atoms with Crippen molar-refractivity contribution in [1.82, 2.24) is 9.71 Å². The predicted molar refractivity (Wildman–Crippen MR) is 120 cm³/mol. The van der Waals surface area contributed by atoms with E-state index in [1.807, 2.05) is 5.38 Å². The summed E-state index contributed by atoms with van der Waals surface area (Å²) >= 11 is 7.43. The molecule has 1 heterocycles. The van der Waals surface area contributed by atoms with Crippen molar-refractivity contribution < 1.29 is 13.2 Å². The number of benzene rings is 2. The second-order valence-corrected chi connectivity index (χ2v) is 10.2. The number of aromatic nitrogens is 1. The number of aryl methyl sites for hydroxylation is 2. The largest absolute Gasteiger partial charge is 0.298 e. The number of halogens is 1. The Morgan fingerprint density at radius 3 is 2.63 bits per heavy atom. The first-order chi connectivity index (χ1) is 14.4. The maximum absolute atomic E-state index is 12.7. The summed E-state index contributed by atoms with van der Waals surface area (Å²) in [6.45, 7) is 0. The van der Waals surface area contributed by atoms with Crippen molar-refractivity contribution >= 4 is 44.0 Å². The fourth-order valence-corrected chi connectivity index (χ4v) is 5.16. The third kappa shape index (κ3) is 4.27. The maximum Gasteiger partial charge on any atom is 0.259 e. The van der Waals surface area contributed by atoms with Crippen LogP contribution < -0.4 is 10.0 Å². The molecule has 1 aromatic heterocycles. The van der Waals surface area contributed by atoms with Crippen LogP contribution in [0.5, 0.6) is 0 Å². The molecule has 9 heteroatoms. The van der Waals surface area contributed by atoms with Crippen LogP contribution in [0, 0.1) is 0 Å². The molecule has 0 radical (unpaired) electrons. The second-order valence-electron chi connectivity index (χ2n) is 7.03. The van der Waals surface area contributed by atoms with Crippen molar-refractivity contribution in [1.29, 1.82) is 0 Å². The highest BCUT2D eigenvalue weighted by Gasteiger charge is 2.19. The van der Waals surface area contributed by atoms with Crippen molar-refractivity contribution in [2.75, 3.05) is 12.4 Å². The Balaban J connectivity index is 1.56. The van der Waals surface area contributed by atoms with Gasteiger partial charge in [0.1, 0.15) is 0 Å². The van der Waals surface area contributed by atoms with Gasteiger partial charge in [-0.15, -0.1) is 11.3 Å². The molecule has 0 fully saturated rings. The quantitative estimate of drug-likeness (QED) is 0.585. The zero-order chi connectivity index (χ0) is 21.3. The zero-order valence-electron chi connectivity index (χ0n) is 16.2. The Bertz CT molecular complexity index is 1220. The van der Waals surface area contributed by atoms with E-state index in [1.165, 1.54) is 60.6 Å². The minimum Gasteiger partial charge on any atom is -0.298 e. The van der Waals surface area contributed by atoms with Gasteiger partial charge in [0, 0.05) is 10.9 Å². The Labute approximate surface area is 184 Å². The molecular weight excluding hydrogens is 442 g/mol. The highest BCUT2D eigenvalue weighted by atomic mass is 35.5. The normalized spacial score (nSPS) is 13.7. The minimum absolute atomic E-state index is 0.0339. The molecule has 0 saturated carbocycles. The summed E-state index contributed by atoms with van der Waals surface area (Å²) in [5, 5.41) is 5.19.